The van der Waals surface area contributed by atoms with Crippen molar-refractivity contribution in [1.82, 2.24) is 9.97 Å². The number of rotatable bonds is 7. The van der Waals surface area contributed by atoms with E-state index in [0.717, 1.165) is 21.8 Å². The smallest absolute Gasteiger partial charge is 0.350 e. The lowest BCUT2D eigenvalue weighted by molar-refractivity contribution is -0.115. The van der Waals surface area contributed by atoms with E-state index < -0.39 is 5.97 Å². The van der Waals surface area contributed by atoms with Gasteiger partial charge in [-0.1, -0.05) is 47.7 Å². The molecular weight excluding hydrogens is 434 g/mol. The lowest BCUT2D eigenvalue weighted by Gasteiger charge is -2.01. The highest BCUT2D eigenvalue weighted by Gasteiger charge is 2.22. The first kappa shape index (κ1) is 21.0. The third kappa shape index (κ3) is 4.73. The number of aromatic nitrogens is 2. The molecule has 3 heterocycles. The Morgan fingerprint density at radius 1 is 1.13 bits per heavy atom. The third-order valence-corrected chi connectivity index (χ3v) is 6.14. The van der Waals surface area contributed by atoms with Crippen LogP contribution in [0.2, 0.25) is 0 Å². The molecule has 4 rings (SSSR count). The molecule has 0 radical (unpaired) electrons. The molecule has 0 bridgehead atoms. The standard InChI is InChI=1S/C22H19N3O4S2/c1-3-28-21(27)19-18(14-8-5-4-6-9-14)25-22(31-19)24-17(26)12-15-13(2)29-20(23-15)16-10-7-11-30-16/h4-11H,3,12H2,1-2H3,(H,24,25,26). The number of carbonyl (C=O) groups is 2. The zero-order chi connectivity index (χ0) is 21.8. The second-order valence-corrected chi connectivity index (χ2v) is 8.45. The van der Waals surface area contributed by atoms with Crippen LogP contribution in [0.5, 0.6) is 0 Å². The van der Waals surface area contributed by atoms with Crippen LogP contribution in [0.4, 0.5) is 5.13 Å². The van der Waals surface area contributed by atoms with E-state index in [2.05, 4.69) is 15.3 Å². The molecule has 0 atom stereocenters. The highest BCUT2D eigenvalue weighted by atomic mass is 32.1. The van der Waals surface area contributed by atoms with Crippen LogP contribution in [0.25, 0.3) is 22.0 Å². The number of anilines is 1. The van der Waals surface area contributed by atoms with E-state index in [4.69, 9.17) is 9.15 Å². The van der Waals surface area contributed by atoms with Crippen molar-refractivity contribution in [2.75, 3.05) is 11.9 Å². The van der Waals surface area contributed by atoms with E-state index in [0.29, 0.717) is 33.0 Å². The van der Waals surface area contributed by atoms with Gasteiger partial charge >= 0.3 is 5.97 Å². The van der Waals surface area contributed by atoms with Crippen molar-refractivity contribution in [3.63, 3.8) is 0 Å². The van der Waals surface area contributed by atoms with Gasteiger partial charge in [-0.2, -0.15) is 0 Å². The average molecular weight is 454 g/mol. The number of oxazole rings is 1. The van der Waals surface area contributed by atoms with E-state index in [1.165, 1.54) is 11.3 Å². The molecule has 31 heavy (non-hydrogen) atoms. The van der Waals surface area contributed by atoms with Crippen LogP contribution in [-0.4, -0.2) is 28.5 Å². The van der Waals surface area contributed by atoms with Crippen molar-refractivity contribution in [2.24, 2.45) is 0 Å². The number of nitrogens with one attached hydrogen (secondary N) is 1. The molecule has 7 nitrogen and oxygen atoms in total. The van der Waals surface area contributed by atoms with Gasteiger partial charge in [0, 0.05) is 5.56 Å². The van der Waals surface area contributed by atoms with Crippen molar-refractivity contribution in [2.45, 2.75) is 20.3 Å². The normalized spacial score (nSPS) is 10.8. The minimum Gasteiger partial charge on any atom is -0.462 e. The number of hydrogen-bond donors (Lipinski definition) is 1. The highest BCUT2D eigenvalue weighted by Crippen LogP contribution is 2.32. The maximum Gasteiger partial charge on any atom is 0.350 e. The summed E-state index contributed by atoms with van der Waals surface area (Å²) >= 11 is 2.61. The number of thiazole rings is 1. The summed E-state index contributed by atoms with van der Waals surface area (Å²) in [4.78, 5) is 35.2. The zero-order valence-electron chi connectivity index (χ0n) is 16.9. The van der Waals surface area contributed by atoms with E-state index in [-0.39, 0.29) is 18.9 Å². The van der Waals surface area contributed by atoms with Crippen LogP contribution in [0.3, 0.4) is 0 Å². The molecule has 0 saturated carbocycles. The molecule has 0 fully saturated rings. The molecule has 158 valence electrons. The highest BCUT2D eigenvalue weighted by molar-refractivity contribution is 7.18. The molecule has 1 aromatic carbocycles. The maximum absolute atomic E-state index is 12.6. The molecule has 0 saturated heterocycles. The number of thiophene rings is 1. The van der Waals surface area contributed by atoms with Crippen LogP contribution >= 0.6 is 22.7 Å². The van der Waals surface area contributed by atoms with Crippen molar-refractivity contribution >= 4 is 39.7 Å². The number of ether oxygens (including phenoxy) is 1. The number of carbonyl (C=O) groups excluding carboxylic acids is 2. The van der Waals surface area contributed by atoms with Gasteiger partial charge in [0.05, 0.1) is 29.3 Å². The topological polar surface area (TPSA) is 94.3 Å². The minimum atomic E-state index is -0.465. The number of esters is 1. The summed E-state index contributed by atoms with van der Waals surface area (Å²) < 4.78 is 10.8. The summed E-state index contributed by atoms with van der Waals surface area (Å²) in [7, 11) is 0. The summed E-state index contributed by atoms with van der Waals surface area (Å²) in [6.45, 7) is 3.78. The first-order valence-electron chi connectivity index (χ1n) is 9.58. The monoisotopic (exact) mass is 453 g/mol. The maximum atomic E-state index is 12.6. The number of aryl methyl sites for hydroxylation is 1. The predicted octanol–water partition coefficient (Wildman–Crippen LogP) is 5.19. The summed E-state index contributed by atoms with van der Waals surface area (Å²) in [5.41, 5.74) is 1.82. The summed E-state index contributed by atoms with van der Waals surface area (Å²) in [6, 6.07) is 13.1. The summed E-state index contributed by atoms with van der Waals surface area (Å²) in [5, 5.41) is 5.04. The quantitative estimate of drug-likeness (QED) is 0.387. The van der Waals surface area contributed by atoms with Crippen LogP contribution < -0.4 is 5.32 Å². The molecule has 3 aromatic heterocycles. The van der Waals surface area contributed by atoms with Gasteiger partial charge in [0.25, 0.3) is 0 Å². The molecule has 4 aromatic rings. The van der Waals surface area contributed by atoms with E-state index in [1.54, 1.807) is 13.8 Å². The summed E-state index contributed by atoms with van der Waals surface area (Å²) in [6.07, 6.45) is 0.0374. The molecule has 1 amide bonds. The molecular formula is C22H19N3O4S2. The first-order valence-corrected chi connectivity index (χ1v) is 11.3. The second kappa shape index (κ2) is 9.23. The van der Waals surface area contributed by atoms with Crippen molar-refractivity contribution in [3.8, 4) is 22.0 Å². The lowest BCUT2D eigenvalue weighted by Crippen LogP contribution is -2.15. The summed E-state index contributed by atoms with van der Waals surface area (Å²) in [5.74, 6) is 0.334. The van der Waals surface area contributed by atoms with Gasteiger partial charge in [-0.15, -0.1) is 11.3 Å². The van der Waals surface area contributed by atoms with Crippen molar-refractivity contribution in [1.29, 1.82) is 0 Å². The SMILES string of the molecule is CCOC(=O)c1sc(NC(=O)Cc2nc(-c3cccs3)oc2C)nc1-c1ccccc1. The van der Waals surface area contributed by atoms with Gasteiger partial charge in [-0.25, -0.2) is 14.8 Å². The Balaban J connectivity index is 1.54. The molecule has 0 unspecified atom stereocenters. The van der Waals surface area contributed by atoms with Gasteiger partial charge < -0.3 is 14.5 Å². The largest absolute Gasteiger partial charge is 0.462 e. The Kier molecular flexibility index (Phi) is 6.24. The Morgan fingerprint density at radius 3 is 2.65 bits per heavy atom. The van der Waals surface area contributed by atoms with E-state index in [1.807, 2.05) is 47.8 Å². The first-order chi connectivity index (χ1) is 15.0. The number of benzene rings is 1. The number of amides is 1. The zero-order valence-corrected chi connectivity index (χ0v) is 18.5. The van der Waals surface area contributed by atoms with Crippen LogP contribution in [0, 0.1) is 6.92 Å². The molecule has 0 aliphatic heterocycles. The van der Waals surface area contributed by atoms with Crippen molar-refractivity contribution in [3.05, 3.63) is 64.2 Å². The fraction of sp³-hybridized carbons (Fsp3) is 0.182. The fourth-order valence-electron chi connectivity index (χ4n) is 2.91. The molecule has 0 aliphatic carbocycles. The Hall–Kier alpha value is -3.30. The van der Waals surface area contributed by atoms with Crippen molar-refractivity contribution < 1.29 is 18.7 Å². The second-order valence-electron chi connectivity index (χ2n) is 6.51. The van der Waals surface area contributed by atoms with Crippen LogP contribution in [0.1, 0.15) is 28.0 Å². The Labute approximate surface area is 186 Å². The number of nitrogens with zero attached hydrogens (tertiary/aromatic N) is 2. The van der Waals surface area contributed by atoms with Gasteiger partial charge in [0.1, 0.15) is 10.6 Å². The molecule has 0 spiro atoms. The van der Waals surface area contributed by atoms with E-state index in [9.17, 15) is 9.59 Å². The molecule has 0 aliphatic rings. The average Bonchev–Trinajstić information content (AvgIpc) is 3.50. The van der Waals surface area contributed by atoms with Crippen LogP contribution in [0.15, 0.2) is 52.3 Å². The fourth-order valence-corrected chi connectivity index (χ4v) is 4.46. The molecule has 9 heteroatoms. The van der Waals surface area contributed by atoms with Gasteiger partial charge in [-0.3, -0.25) is 4.79 Å². The van der Waals surface area contributed by atoms with Gasteiger partial charge in [-0.05, 0) is 25.3 Å². The minimum absolute atomic E-state index is 0.0374. The van der Waals surface area contributed by atoms with E-state index >= 15 is 0 Å². The Morgan fingerprint density at radius 2 is 1.94 bits per heavy atom. The third-order valence-electron chi connectivity index (χ3n) is 4.33. The lowest BCUT2D eigenvalue weighted by atomic mass is 10.1. The van der Waals surface area contributed by atoms with Crippen LogP contribution in [-0.2, 0) is 16.0 Å². The predicted molar refractivity (Wildman–Crippen MR) is 120 cm³/mol. The van der Waals surface area contributed by atoms with Gasteiger partial charge in [0.15, 0.2) is 5.13 Å². The number of hydrogen-bond acceptors (Lipinski definition) is 8. The van der Waals surface area contributed by atoms with Gasteiger partial charge in [0.2, 0.25) is 11.8 Å². The Bertz CT molecular complexity index is 1200. The molecule has 1 N–H and O–H groups in total.